The largest absolute Gasteiger partial charge is 0.499 e. The lowest BCUT2D eigenvalue weighted by molar-refractivity contribution is 0.256. The second-order valence-electron chi connectivity index (χ2n) is 9.62. The maximum atomic E-state index is 13.3. The number of nitrogens with zero attached hydrogens (tertiary/aromatic N) is 3. The molecule has 6 nitrogen and oxygen atoms in total. The van der Waals surface area contributed by atoms with Crippen LogP contribution in [-0.2, 0) is 16.6 Å². The van der Waals surface area contributed by atoms with Gasteiger partial charge in [-0.05, 0) is 63.8 Å². The molecule has 5 rings (SSSR count). The zero-order valence-corrected chi connectivity index (χ0v) is 20.1. The van der Waals surface area contributed by atoms with E-state index in [0.29, 0.717) is 6.42 Å². The number of halogens is 1. The van der Waals surface area contributed by atoms with Crippen molar-refractivity contribution in [3.63, 3.8) is 0 Å². The van der Waals surface area contributed by atoms with Crippen LogP contribution in [0.3, 0.4) is 0 Å². The quantitative estimate of drug-likeness (QED) is 0.503. The first-order chi connectivity index (χ1) is 16.4. The molecule has 2 unspecified atom stereocenters. The Kier molecular flexibility index (Phi) is 5.90. The molecular formula is C27H31FN4O2. The summed E-state index contributed by atoms with van der Waals surface area (Å²) in [5, 5.41) is 8.26. The molecule has 0 spiro atoms. The van der Waals surface area contributed by atoms with Crippen molar-refractivity contribution in [2.75, 3.05) is 7.11 Å². The van der Waals surface area contributed by atoms with Crippen LogP contribution in [0, 0.1) is 12.7 Å². The van der Waals surface area contributed by atoms with Crippen LogP contribution in [0.4, 0.5) is 4.39 Å². The number of imidazole rings is 1. The minimum Gasteiger partial charge on any atom is -0.499 e. The Morgan fingerprint density at radius 1 is 1.29 bits per heavy atom. The van der Waals surface area contributed by atoms with Crippen LogP contribution in [0.2, 0.25) is 0 Å². The first kappa shape index (κ1) is 22.6. The monoisotopic (exact) mass is 462 g/mol. The maximum Gasteiger partial charge on any atom is 0.157 e. The van der Waals surface area contributed by atoms with Crippen LogP contribution in [0.5, 0.6) is 0 Å². The molecule has 3 atom stereocenters. The number of rotatable bonds is 6. The molecule has 2 aliphatic carbocycles. The summed E-state index contributed by atoms with van der Waals surface area (Å²) in [6.45, 7) is 6.26. The van der Waals surface area contributed by atoms with Gasteiger partial charge in [-0.25, -0.2) is 9.37 Å². The molecule has 2 heterocycles. The molecule has 3 aromatic rings. The van der Waals surface area contributed by atoms with E-state index in [1.807, 2.05) is 36.1 Å². The summed E-state index contributed by atoms with van der Waals surface area (Å²) in [4.78, 5) is 4.35. The second kappa shape index (κ2) is 8.87. The van der Waals surface area contributed by atoms with Gasteiger partial charge in [0.1, 0.15) is 11.6 Å². The summed E-state index contributed by atoms with van der Waals surface area (Å²) in [6.07, 6.45) is 11.8. The fraction of sp³-hybridized carbons (Fsp3) is 0.407. The van der Waals surface area contributed by atoms with Crippen molar-refractivity contribution >= 4 is 5.70 Å². The third-order valence-corrected chi connectivity index (χ3v) is 7.08. The third-order valence-electron chi connectivity index (χ3n) is 7.08. The molecule has 0 saturated heterocycles. The number of aromatic nitrogens is 3. The van der Waals surface area contributed by atoms with E-state index in [-0.39, 0.29) is 23.3 Å². The number of ether oxygens (including phenoxy) is 1. The molecule has 0 amide bonds. The molecule has 1 aromatic carbocycles. The lowest BCUT2D eigenvalue weighted by Gasteiger charge is -2.31. The van der Waals surface area contributed by atoms with E-state index in [0.717, 1.165) is 53.4 Å². The van der Waals surface area contributed by atoms with E-state index < -0.39 is 0 Å². The highest BCUT2D eigenvalue weighted by Gasteiger charge is 2.39. The summed E-state index contributed by atoms with van der Waals surface area (Å²) < 4.78 is 27.1. The SMILES string of the molecule is COC1=C(n2cnc(C)c2)C=C[C@](C)(c2noc3c2CCCC3NC(C)c2ccc(F)cc2)C1. The Morgan fingerprint density at radius 2 is 2.09 bits per heavy atom. The van der Waals surface area contributed by atoms with Gasteiger partial charge >= 0.3 is 0 Å². The fourth-order valence-electron chi connectivity index (χ4n) is 5.17. The van der Waals surface area contributed by atoms with Gasteiger partial charge in [-0.1, -0.05) is 23.4 Å². The minimum absolute atomic E-state index is 0.0690. The Balaban J connectivity index is 1.40. The van der Waals surface area contributed by atoms with Crippen LogP contribution in [-0.4, -0.2) is 21.8 Å². The van der Waals surface area contributed by atoms with Gasteiger partial charge < -0.3 is 19.1 Å². The Hall–Kier alpha value is -3.19. The number of hydrogen-bond acceptors (Lipinski definition) is 5. The average molecular weight is 463 g/mol. The minimum atomic E-state index is -0.327. The summed E-state index contributed by atoms with van der Waals surface area (Å²) in [7, 11) is 1.72. The number of aryl methyl sites for hydroxylation is 1. The lowest BCUT2D eigenvalue weighted by atomic mass is 9.75. The summed E-state index contributed by atoms with van der Waals surface area (Å²) in [6, 6.07) is 6.80. The smallest absolute Gasteiger partial charge is 0.157 e. The van der Waals surface area contributed by atoms with Gasteiger partial charge in [0.2, 0.25) is 0 Å². The molecule has 0 saturated carbocycles. The Bertz CT molecular complexity index is 1240. The molecule has 0 fully saturated rings. The third kappa shape index (κ3) is 4.09. The molecule has 1 N–H and O–H groups in total. The van der Waals surface area contributed by atoms with E-state index in [1.54, 1.807) is 7.11 Å². The van der Waals surface area contributed by atoms with E-state index >= 15 is 0 Å². The maximum absolute atomic E-state index is 13.3. The topological polar surface area (TPSA) is 65.1 Å². The van der Waals surface area contributed by atoms with Crippen LogP contribution in [0.15, 0.2) is 59.2 Å². The van der Waals surface area contributed by atoms with E-state index in [4.69, 9.17) is 9.26 Å². The molecule has 0 radical (unpaired) electrons. The molecule has 2 aromatic heterocycles. The standard InChI is InChI=1S/C27H31FN4O2/c1-17-15-32(16-29-17)23-12-13-27(3,14-24(23)33-4)26-21-6-5-7-22(25(21)34-31-26)30-18(2)19-8-10-20(28)11-9-19/h8-13,15-16,18,22,30H,5-7,14H2,1-4H3/t18?,22?,27-/m0/s1. The van der Waals surface area contributed by atoms with Gasteiger partial charge in [0.05, 0.1) is 36.6 Å². The first-order valence-electron chi connectivity index (χ1n) is 11.9. The fourth-order valence-corrected chi connectivity index (χ4v) is 5.17. The van der Waals surface area contributed by atoms with Gasteiger partial charge in [-0.3, -0.25) is 0 Å². The Morgan fingerprint density at radius 3 is 2.79 bits per heavy atom. The molecule has 0 aliphatic heterocycles. The highest BCUT2D eigenvalue weighted by Crippen LogP contribution is 2.43. The van der Waals surface area contributed by atoms with Crippen LogP contribution < -0.4 is 5.32 Å². The van der Waals surface area contributed by atoms with Crippen molar-refractivity contribution in [2.24, 2.45) is 0 Å². The zero-order chi connectivity index (χ0) is 23.9. The summed E-state index contributed by atoms with van der Waals surface area (Å²) >= 11 is 0. The average Bonchev–Trinajstić information content (AvgIpc) is 3.47. The number of hydrogen-bond donors (Lipinski definition) is 1. The van der Waals surface area contributed by atoms with Crippen molar-refractivity contribution in [3.8, 4) is 0 Å². The van der Waals surface area contributed by atoms with Gasteiger partial charge in [0, 0.05) is 29.6 Å². The number of nitrogens with one attached hydrogen (secondary N) is 1. The number of methoxy groups -OCH3 is 1. The predicted octanol–water partition coefficient (Wildman–Crippen LogP) is 5.78. The van der Waals surface area contributed by atoms with Crippen LogP contribution in [0.1, 0.15) is 73.5 Å². The number of fused-ring (bicyclic) bond motifs is 1. The van der Waals surface area contributed by atoms with Gasteiger partial charge in [0.25, 0.3) is 0 Å². The molecule has 0 bridgehead atoms. The highest BCUT2D eigenvalue weighted by atomic mass is 19.1. The summed E-state index contributed by atoms with van der Waals surface area (Å²) in [5.74, 6) is 1.60. The summed E-state index contributed by atoms with van der Waals surface area (Å²) in [5.41, 5.74) is 4.85. The molecule has 178 valence electrons. The molecule has 2 aliphatic rings. The van der Waals surface area contributed by atoms with Crippen molar-refractivity contribution in [1.29, 1.82) is 0 Å². The molecule has 34 heavy (non-hydrogen) atoms. The molecule has 7 heteroatoms. The normalized spacial score (nSPS) is 23.1. The second-order valence-corrected chi connectivity index (χ2v) is 9.62. The number of allylic oxidation sites excluding steroid dienone is 4. The number of benzene rings is 1. The van der Waals surface area contributed by atoms with Gasteiger partial charge in [-0.15, -0.1) is 0 Å². The van der Waals surface area contributed by atoms with Gasteiger partial charge in [0.15, 0.2) is 5.76 Å². The lowest BCUT2D eigenvalue weighted by Crippen LogP contribution is -2.29. The van der Waals surface area contributed by atoms with E-state index in [2.05, 4.69) is 41.5 Å². The van der Waals surface area contributed by atoms with E-state index in [9.17, 15) is 4.39 Å². The highest BCUT2D eigenvalue weighted by molar-refractivity contribution is 5.63. The zero-order valence-electron chi connectivity index (χ0n) is 20.1. The first-order valence-corrected chi connectivity index (χ1v) is 11.9. The van der Waals surface area contributed by atoms with Crippen LogP contribution in [0.25, 0.3) is 5.70 Å². The van der Waals surface area contributed by atoms with Crippen molar-refractivity contribution in [2.45, 2.75) is 64.0 Å². The predicted molar refractivity (Wildman–Crippen MR) is 128 cm³/mol. The molecular weight excluding hydrogens is 431 g/mol. The van der Waals surface area contributed by atoms with Gasteiger partial charge in [-0.2, -0.15) is 0 Å². The van der Waals surface area contributed by atoms with Crippen molar-refractivity contribution in [3.05, 3.63) is 88.8 Å². The van der Waals surface area contributed by atoms with Crippen molar-refractivity contribution < 1.29 is 13.7 Å². The Labute approximate surface area is 199 Å². The van der Waals surface area contributed by atoms with Crippen molar-refractivity contribution in [1.82, 2.24) is 20.0 Å². The van der Waals surface area contributed by atoms with E-state index in [1.165, 1.54) is 17.7 Å². The van der Waals surface area contributed by atoms with Crippen LogP contribution >= 0.6 is 0 Å².